The second-order valence-electron chi connectivity index (χ2n) is 3.24. The fourth-order valence-electron chi connectivity index (χ4n) is 1.07. The fourth-order valence-corrected chi connectivity index (χ4v) is 1.07. The highest BCUT2D eigenvalue weighted by Crippen LogP contribution is 2.31. The van der Waals surface area contributed by atoms with Gasteiger partial charge >= 0.3 is 6.18 Å². The number of methoxy groups -OCH3 is 1. The number of halogens is 4. The van der Waals surface area contributed by atoms with Crippen LogP contribution < -0.4 is 4.74 Å². The fraction of sp³-hybridized carbons (Fsp3) is 0.167. The van der Waals surface area contributed by atoms with Crippen molar-refractivity contribution in [2.75, 3.05) is 7.11 Å². The van der Waals surface area contributed by atoms with E-state index in [4.69, 9.17) is 4.74 Å². The molecule has 0 heterocycles. The second kappa shape index (κ2) is 5.03. The van der Waals surface area contributed by atoms with Crippen LogP contribution in [0, 0.1) is 0 Å². The van der Waals surface area contributed by atoms with E-state index in [2.05, 4.69) is 6.58 Å². The van der Waals surface area contributed by atoms with E-state index in [1.165, 1.54) is 31.4 Å². The SMILES string of the molecule is C=C(/C(F)=C/c1ccc(OC)cc1)C(F)(F)F. The van der Waals surface area contributed by atoms with Gasteiger partial charge in [-0.2, -0.15) is 13.2 Å². The van der Waals surface area contributed by atoms with Gasteiger partial charge in [-0.25, -0.2) is 4.39 Å². The molecule has 92 valence electrons. The molecule has 0 atom stereocenters. The predicted octanol–water partition coefficient (Wildman–Crippen LogP) is 4.12. The lowest BCUT2D eigenvalue weighted by Gasteiger charge is -2.07. The van der Waals surface area contributed by atoms with Crippen LogP contribution in [0.2, 0.25) is 0 Å². The molecular formula is C12H10F4O. The molecule has 0 spiro atoms. The molecule has 1 nitrogen and oxygen atoms in total. The van der Waals surface area contributed by atoms with E-state index in [1.54, 1.807) is 0 Å². The molecule has 0 radical (unpaired) electrons. The third kappa shape index (κ3) is 3.62. The smallest absolute Gasteiger partial charge is 0.418 e. The van der Waals surface area contributed by atoms with E-state index in [-0.39, 0.29) is 0 Å². The van der Waals surface area contributed by atoms with Crippen molar-refractivity contribution in [1.29, 1.82) is 0 Å². The summed E-state index contributed by atoms with van der Waals surface area (Å²) >= 11 is 0. The highest BCUT2D eigenvalue weighted by Gasteiger charge is 2.34. The molecule has 17 heavy (non-hydrogen) atoms. The molecule has 0 saturated carbocycles. The summed E-state index contributed by atoms with van der Waals surface area (Å²) < 4.78 is 54.4. The number of ether oxygens (including phenoxy) is 1. The molecule has 0 aromatic heterocycles. The molecule has 0 aliphatic rings. The van der Waals surface area contributed by atoms with Crippen LogP contribution in [0.4, 0.5) is 17.6 Å². The quantitative estimate of drug-likeness (QED) is 0.575. The molecule has 0 aliphatic heterocycles. The Balaban J connectivity index is 2.91. The Hall–Kier alpha value is -1.78. The predicted molar refractivity (Wildman–Crippen MR) is 57.3 cm³/mol. The van der Waals surface area contributed by atoms with Gasteiger partial charge in [-0.05, 0) is 23.8 Å². The molecule has 0 N–H and O–H groups in total. The number of benzene rings is 1. The van der Waals surface area contributed by atoms with Crippen molar-refractivity contribution in [3.8, 4) is 5.75 Å². The minimum Gasteiger partial charge on any atom is -0.497 e. The van der Waals surface area contributed by atoms with Crippen LogP contribution in [0.5, 0.6) is 5.75 Å². The normalized spacial score (nSPS) is 12.4. The Labute approximate surface area is 96.0 Å². The molecule has 0 bridgehead atoms. The van der Waals surface area contributed by atoms with E-state index >= 15 is 0 Å². The Kier molecular flexibility index (Phi) is 3.93. The molecule has 0 amide bonds. The van der Waals surface area contributed by atoms with Crippen LogP contribution in [-0.2, 0) is 0 Å². The summed E-state index contributed by atoms with van der Waals surface area (Å²) in [6.45, 7) is 2.66. The van der Waals surface area contributed by atoms with Gasteiger partial charge < -0.3 is 4.74 Å². The van der Waals surface area contributed by atoms with E-state index in [9.17, 15) is 17.6 Å². The average Bonchev–Trinajstić information content (AvgIpc) is 2.27. The van der Waals surface area contributed by atoms with Crippen molar-refractivity contribution >= 4 is 6.08 Å². The van der Waals surface area contributed by atoms with Crippen LogP contribution in [0.3, 0.4) is 0 Å². The molecule has 0 saturated heterocycles. The van der Waals surface area contributed by atoms with Crippen LogP contribution in [0.25, 0.3) is 6.08 Å². The van der Waals surface area contributed by atoms with Crippen LogP contribution in [-0.4, -0.2) is 13.3 Å². The summed E-state index contributed by atoms with van der Waals surface area (Å²) in [6.07, 6.45) is -3.98. The molecule has 1 aromatic carbocycles. The minimum absolute atomic E-state index is 0.300. The van der Waals surface area contributed by atoms with Gasteiger partial charge in [0.25, 0.3) is 0 Å². The highest BCUT2D eigenvalue weighted by atomic mass is 19.4. The Morgan fingerprint density at radius 3 is 2.18 bits per heavy atom. The molecule has 1 rings (SSSR count). The average molecular weight is 246 g/mol. The summed E-state index contributed by atoms with van der Waals surface area (Å²) in [5.74, 6) is -0.861. The number of hydrogen-bond donors (Lipinski definition) is 0. The maximum absolute atomic E-state index is 13.2. The molecule has 0 unspecified atom stereocenters. The van der Waals surface area contributed by atoms with E-state index < -0.39 is 17.6 Å². The van der Waals surface area contributed by atoms with Gasteiger partial charge in [0.2, 0.25) is 0 Å². The summed E-state index contributed by atoms with van der Waals surface area (Å²) in [5.41, 5.74) is -1.19. The van der Waals surface area contributed by atoms with Gasteiger partial charge in [-0.1, -0.05) is 18.7 Å². The summed E-state index contributed by atoms with van der Waals surface area (Å²) in [5, 5.41) is 0. The maximum Gasteiger partial charge on any atom is 0.418 e. The summed E-state index contributed by atoms with van der Waals surface area (Å²) in [6, 6.07) is 5.94. The lowest BCUT2D eigenvalue weighted by atomic mass is 10.1. The molecular weight excluding hydrogens is 236 g/mol. The van der Waals surface area contributed by atoms with Crippen molar-refractivity contribution in [1.82, 2.24) is 0 Å². The number of allylic oxidation sites excluding steroid dienone is 2. The Morgan fingerprint density at radius 2 is 1.76 bits per heavy atom. The van der Waals surface area contributed by atoms with Crippen molar-refractivity contribution in [3.05, 3.63) is 47.8 Å². The molecule has 0 fully saturated rings. The number of alkyl halides is 3. The van der Waals surface area contributed by atoms with Crippen LogP contribution in [0.1, 0.15) is 5.56 Å². The molecule has 5 heteroatoms. The van der Waals surface area contributed by atoms with Gasteiger partial charge in [0.05, 0.1) is 12.7 Å². The monoisotopic (exact) mass is 246 g/mol. The lowest BCUT2D eigenvalue weighted by molar-refractivity contribution is -0.0905. The summed E-state index contributed by atoms with van der Waals surface area (Å²) in [4.78, 5) is 0. The van der Waals surface area contributed by atoms with Crippen LogP contribution >= 0.6 is 0 Å². The maximum atomic E-state index is 13.2. The van der Waals surface area contributed by atoms with Crippen molar-refractivity contribution in [2.45, 2.75) is 6.18 Å². The number of rotatable bonds is 3. The lowest BCUT2D eigenvalue weighted by Crippen LogP contribution is -2.10. The third-order valence-corrected chi connectivity index (χ3v) is 2.04. The topological polar surface area (TPSA) is 9.23 Å². The van der Waals surface area contributed by atoms with E-state index in [0.29, 0.717) is 11.3 Å². The van der Waals surface area contributed by atoms with Crippen LogP contribution in [0.15, 0.2) is 42.2 Å². The zero-order chi connectivity index (χ0) is 13.1. The first-order valence-corrected chi connectivity index (χ1v) is 4.62. The zero-order valence-electron chi connectivity index (χ0n) is 9.01. The first kappa shape index (κ1) is 13.3. The Bertz CT molecular complexity index is 429. The highest BCUT2D eigenvalue weighted by molar-refractivity contribution is 5.57. The first-order chi connectivity index (χ1) is 7.84. The second-order valence-corrected chi connectivity index (χ2v) is 3.24. The van der Waals surface area contributed by atoms with Crippen molar-refractivity contribution in [3.63, 3.8) is 0 Å². The zero-order valence-corrected chi connectivity index (χ0v) is 9.01. The third-order valence-electron chi connectivity index (χ3n) is 2.04. The Morgan fingerprint density at radius 1 is 1.24 bits per heavy atom. The summed E-state index contributed by atoms with van der Waals surface area (Å²) in [7, 11) is 1.46. The van der Waals surface area contributed by atoms with Gasteiger partial charge in [0.15, 0.2) is 0 Å². The van der Waals surface area contributed by atoms with E-state index in [1.807, 2.05) is 0 Å². The van der Waals surface area contributed by atoms with Gasteiger partial charge in [-0.3, -0.25) is 0 Å². The molecule has 0 aliphatic carbocycles. The van der Waals surface area contributed by atoms with Gasteiger partial charge in [0, 0.05) is 0 Å². The standard InChI is InChI=1S/C12H10F4O/c1-8(12(14,15)16)11(13)7-9-3-5-10(17-2)6-4-9/h3-7H,1H2,2H3/b11-7-. The largest absolute Gasteiger partial charge is 0.497 e. The van der Waals surface area contributed by atoms with Crippen molar-refractivity contribution < 1.29 is 22.3 Å². The van der Waals surface area contributed by atoms with E-state index in [0.717, 1.165) is 6.08 Å². The minimum atomic E-state index is -4.76. The molecule has 1 aromatic rings. The number of hydrogen-bond acceptors (Lipinski definition) is 1. The first-order valence-electron chi connectivity index (χ1n) is 4.62. The van der Waals surface area contributed by atoms with Gasteiger partial charge in [0.1, 0.15) is 11.6 Å². The van der Waals surface area contributed by atoms with Gasteiger partial charge in [-0.15, -0.1) is 0 Å². The van der Waals surface area contributed by atoms with Crippen molar-refractivity contribution in [2.24, 2.45) is 0 Å².